The van der Waals surface area contributed by atoms with Gasteiger partial charge in [0.15, 0.2) is 0 Å². The smallest absolute Gasteiger partial charge is 0.335 e. The lowest BCUT2D eigenvalue weighted by Gasteiger charge is -2.03. The summed E-state index contributed by atoms with van der Waals surface area (Å²) in [4.78, 5) is 15.8. The van der Waals surface area contributed by atoms with E-state index in [0.717, 1.165) is 0 Å². The molecule has 2 heterocycles. The fourth-order valence-electron chi connectivity index (χ4n) is 2.24. The molecule has 2 aromatic heterocycles. The summed E-state index contributed by atoms with van der Waals surface area (Å²) in [5.41, 5.74) is 0.919. The maximum Gasteiger partial charge on any atom is 0.335 e. The third-order valence-corrected chi connectivity index (χ3v) is 5.34. The lowest BCUT2D eigenvalue weighted by molar-refractivity contribution is 0.0953. The fraction of sp³-hybridized carbons (Fsp3) is 0.176. The van der Waals surface area contributed by atoms with Crippen LogP contribution in [-0.2, 0) is 22.0 Å². The van der Waals surface area contributed by atoms with Crippen LogP contribution >= 0.6 is 11.6 Å². The van der Waals surface area contributed by atoms with Gasteiger partial charge in [-0.05, 0) is 23.8 Å². The van der Waals surface area contributed by atoms with Gasteiger partial charge in [0.2, 0.25) is 15.7 Å². The molecule has 0 saturated carbocycles. The molecule has 0 aliphatic heterocycles. The first-order chi connectivity index (χ1) is 13.0. The Kier molecular flexibility index (Phi) is 5.82. The van der Waals surface area contributed by atoms with Gasteiger partial charge in [0.05, 0.1) is 5.75 Å². The number of hydrogen-bond donors (Lipinski definition) is 1. The third kappa shape index (κ3) is 4.89. The molecule has 0 unspecified atom stereocenters. The van der Waals surface area contributed by atoms with E-state index in [0.29, 0.717) is 16.1 Å². The number of carbonyl (C=O) groups is 1. The van der Waals surface area contributed by atoms with Crippen LogP contribution in [0.1, 0.15) is 21.8 Å². The van der Waals surface area contributed by atoms with Gasteiger partial charge < -0.3 is 9.73 Å². The van der Waals surface area contributed by atoms with E-state index >= 15 is 0 Å². The third-order valence-electron chi connectivity index (χ3n) is 3.58. The Bertz CT molecular complexity index is 1040. The van der Waals surface area contributed by atoms with Gasteiger partial charge in [-0.3, -0.25) is 9.78 Å². The second-order valence-corrected chi connectivity index (χ2v) is 7.83. The van der Waals surface area contributed by atoms with Crippen molar-refractivity contribution in [2.75, 3.05) is 6.54 Å². The number of rotatable bonds is 7. The molecule has 8 nitrogen and oxygen atoms in total. The predicted octanol–water partition coefficient (Wildman–Crippen LogP) is 2.06. The van der Waals surface area contributed by atoms with Gasteiger partial charge in [-0.25, -0.2) is 8.42 Å². The van der Waals surface area contributed by atoms with Crippen molar-refractivity contribution in [1.29, 1.82) is 0 Å². The minimum Gasteiger partial charge on any atom is -0.412 e. The summed E-state index contributed by atoms with van der Waals surface area (Å²) in [6, 6.07) is 9.80. The molecule has 0 spiro atoms. The van der Waals surface area contributed by atoms with E-state index in [4.69, 9.17) is 16.0 Å². The van der Waals surface area contributed by atoms with Crippen molar-refractivity contribution in [2.45, 2.75) is 17.4 Å². The van der Waals surface area contributed by atoms with Crippen LogP contribution in [0.15, 0.2) is 58.4 Å². The van der Waals surface area contributed by atoms with E-state index in [9.17, 15) is 13.2 Å². The summed E-state index contributed by atoms with van der Waals surface area (Å²) >= 11 is 6.00. The van der Waals surface area contributed by atoms with Crippen molar-refractivity contribution in [3.63, 3.8) is 0 Å². The number of amides is 1. The molecule has 3 aromatic rings. The summed E-state index contributed by atoms with van der Waals surface area (Å²) in [5, 5.41) is 9.88. The number of hydrogen-bond acceptors (Lipinski definition) is 7. The van der Waals surface area contributed by atoms with Crippen molar-refractivity contribution in [3.05, 3.63) is 70.8 Å². The molecule has 1 amide bonds. The first kappa shape index (κ1) is 19.0. The van der Waals surface area contributed by atoms with Gasteiger partial charge in [-0.2, -0.15) is 0 Å². The average molecular weight is 407 g/mol. The van der Waals surface area contributed by atoms with Gasteiger partial charge in [0.1, 0.15) is 0 Å². The van der Waals surface area contributed by atoms with Gasteiger partial charge in [-0.15, -0.1) is 5.10 Å². The largest absolute Gasteiger partial charge is 0.412 e. The van der Waals surface area contributed by atoms with E-state index in [2.05, 4.69) is 20.5 Å². The topological polar surface area (TPSA) is 115 Å². The number of nitrogens with zero attached hydrogens (tertiary/aromatic N) is 3. The van der Waals surface area contributed by atoms with Crippen LogP contribution in [0.5, 0.6) is 0 Å². The van der Waals surface area contributed by atoms with Crippen molar-refractivity contribution in [2.24, 2.45) is 0 Å². The first-order valence-electron chi connectivity index (χ1n) is 7.92. The van der Waals surface area contributed by atoms with Crippen molar-refractivity contribution < 1.29 is 17.6 Å². The summed E-state index contributed by atoms with van der Waals surface area (Å²) in [6.07, 6.45) is 3.23. The molecule has 27 heavy (non-hydrogen) atoms. The molecular formula is C17H15ClN4O4S. The van der Waals surface area contributed by atoms with Gasteiger partial charge in [0.25, 0.3) is 5.91 Å². The monoisotopic (exact) mass is 406 g/mol. The Morgan fingerprint density at radius 3 is 2.59 bits per heavy atom. The number of benzene rings is 1. The van der Waals surface area contributed by atoms with E-state index in [1.54, 1.807) is 36.4 Å². The molecule has 0 radical (unpaired) electrons. The molecule has 0 aliphatic carbocycles. The number of halogens is 1. The highest BCUT2D eigenvalue weighted by molar-refractivity contribution is 7.90. The van der Waals surface area contributed by atoms with Crippen molar-refractivity contribution in [3.8, 4) is 0 Å². The van der Waals surface area contributed by atoms with Crippen molar-refractivity contribution in [1.82, 2.24) is 20.5 Å². The number of sulfone groups is 1. The lowest BCUT2D eigenvalue weighted by atomic mass is 10.2. The molecular weight excluding hydrogens is 392 g/mol. The highest BCUT2D eigenvalue weighted by atomic mass is 35.5. The molecule has 3 rings (SSSR count). The van der Waals surface area contributed by atoms with Gasteiger partial charge in [0, 0.05) is 35.9 Å². The maximum absolute atomic E-state index is 12.4. The van der Waals surface area contributed by atoms with Crippen LogP contribution in [0.25, 0.3) is 0 Å². The zero-order valence-electron chi connectivity index (χ0n) is 14.0. The fourth-order valence-corrected chi connectivity index (χ4v) is 3.69. The molecule has 140 valence electrons. The molecule has 1 N–H and O–H groups in total. The van der Waals surface area contributed by atoms with Crippen LogP contribution in [0, 0.1) is 0 Å². The average Bonchev–Trinajstić information content (AvgIpc) is 3.14. The van der Waals surface area contributed by atoms with Gasteiger partial charge in [-0.1, -0.05) is 34.9 Å². The van der Waals surface area contributed by atoms with E-state index in [1.165, 1.54) is 12.4 Å². The standard InChI is InChI=1S/C17H15ClN4O4S/c18-14-4-2-1-3-13(14)11-27(24,25)17-22-21-15(26-17)7-10-20-16(23)12-5-8-19-9-6-12/h1-6,8-9H,7,10-11H2,(H,20,23). The zero-order chi connectivity index (χ0) is 19.3. The predicted molar refractivity (Wildman–Crippen MR) is 96.9 cm³/mol. The van der Waals surface area contributed by atoms with Crippen LogP contribution in [0.3, 0.4) is 0 Å². The Hall–Kier alpha value is -2.78. The first-order valence-corrected chi connectivity index (χ1v) is 9.95. The number of pyridine rings is 1. The van der Waals surface area contributed by atoms with Crippen LogP contribution < -0.4 is 5.32 Å². The van der Waals surface area contributed by atoms with Crippen LogP contribution in [0.4, 0.5) is 0 Å². The van der Waals surface area contributed by atoms with E-state index in [1.807, 2.05) is 0 Å². The Labute approximate surface area is 160 Å². The Morgan fingerprint density at radius 1 is 1.11 bits per heavy atom. The molecule has 0 bridgehead atoms. The highest BCUT2D eigenvalue weighted by Crippen LogP contribution is 2.21. The van der Waals surface area contributed by atoms with E-state index < -0.39 is 15.1 Å². The molecule has 0 saturated heterocycles. The summed E-state index contributed by atoms with van der Waals surface area (Å²) in [5.74, 6) is -0.501. The SMILES string of the molecule is O=C(NCCc1nnc(S(=O)(=O)Cc2ccccc2Cl)o1)c1ccncc1. The summed E-state index contributed by atoms with van der Waals surface area (Å²) < 4.78 is 30.0. The van der Waals surface area contributed by atoms with E-state index in [-0.39, 0.29) is 30.5 Å². The normalized spacial score (nSPS) is 11.3. The second kappa shape index (κ2) is 8.28. The van der Waals surface area contributed by atoms with Crippen LogP contribution in [-0.4, -0.2) is 36.1 Å². The number of aromatic nitrogens is 3. The second-order valence-electron chi connectivity index (χ2n) is 5.55. The quantitative estimate of drug-likeness (QED) is 0.638. The van der Waals surface area contributed by atoms with Crippen LogP contribution in [0.2, 0.25) is 5.02 Å². The molecule has 0 fully saturated rings. The highest BCUT2D eigenvalue weighted by Gasteiger charge is 2.24. The maximum atomic E-state index is 12.4. The Morgan fingerprint density at radius 2 is 1.85 bits per heavy atom. The minimum atomic E-state index is -3.82. The zero-order valence-corrected chi connectivity index (χ0v) is 15.6. The van der Waals surface area contributed by atoms with Gasteiger partial charge >= 0.3 is 5.22 Å². The molecule has 0 aliphatic rings. The minimum absolute atomic E-state index is 0.114. The molecule has 10 heteroatoms. The number of carbonyl (C=O) groups excluding carboxylic acids is 1. The number of nitrogens with one attached hydrogen (secondary N) is 1. The molecule has 1 aromatic carbocycles. The summed E-state index contributed by atoms with van der Waals surface area (Å²) in [6.45, 7) is 0.216. The Balaban J connectivity index is 1.59. The summed E-state index contributed by atoms with van der Waals surface area (Å²) in [7, 11) is -3.82. The lowest BCUT2D eigenvalue weighted by Crippen LogP contribution is -2.25. The van der Waals surface area contributed by atoms with Crippen molar-refractivity contribution >= 4 is 27.3 Å². The molecule has 0 atom stereocenters.